The number of benzene rings is 1. The van der Waals surface area contributed by atoms with E-state index in [1.165, 1.54) is 0 Å². The number of hydrogen-bond acceptors (Lipinski definition) is 3. The molecular formula is C17H25N3O2. The lowest BCUT2D eigenvalue weighted by Crippen LogP contribution is -2.46. The van der Waals surface area contributed by atoms with Crippen LogP contribution in [0.4, 0.5) is 5.69 Å². The summed E-state index contributed by atoms with van der Waals surface area (Å²) in [5, 5.41) is 2.95. The number of amides is 2. The van der Waals surface area contributed by atoms with E-state index in [1.807, 2.05) is 12.1 Å². The number of hydrogen-bond donors (Lipinski definition) is 2. The Hall–Kier alpha value is -2.04. The number of rotatable bonds is 5. The van der Waals surface area contributed by atoms with Crippen molar-refractivity contribution < 1.29 is 9.59 Å². The first kappa shape index (κ1) is 16.3. The van der Waals surface area contributed by atoms with Crippen LogP contribution in [0.1, 0.15) is 31.2 Å². The highest BCUT2D eigenvalue weighted by atomic mass is 16.2. The molecule has 5 nitrogen and oxygen atoms in total. The maximum atomic E-state index is 12.4. The van der Waals surface area contributed by atoms with Gasteiger partial charge in [0.1, 0.15) is 0 Å². The molecule has 0 radical (unpaired) electrons. The van der Waals surface area contributed by atoms with Crippen molar-refractivity contribution in [3.8, 4) is 0 Å². The molecule has 120 valence electrons. The molecule has 1 saturated carbocycles. The van der Waals surface area contributed by atoms with E-state index in [0.717, 1.165) is 31.2 Å². The lowest BCUT2D eigenvalue weighted by atomic mass is 9.84. The maximum Gasteiger partial charge on any atom is 0.230 e. The molecule has 0 atom stereocenters. The number of nitrogens with two attached hydrogens (primary N) is 1. The maximum absolute atomic E-state index is 12.4. The molecule has 0 aromatic heterocycles. The van der Waals surface area contributed by atoms with Gasteiger partial charge in [0.2, 0.25) is 11.8 Å². The Labute approximate surface area is 131 Å². The van der Waals surface area contributed by atoms with Crippen molar-refractivity contribution in [2.45, 2.75) is 32.1 Å². The van der Waals surface area contributed by atoms with E-state index in [9.17, 15) is 9.59 Å². The van der Waals surface area contributed by atoms with Crippen LogP contribution in [0.3, 0.4) is 0 Å². The van der Waals surface area contributed by atoms with Crippen LogP contribution in [-0.4, -0.2) is 37.4 Å². The fourth-order valence-corrected chi connectivity index (χ4v) is 3.14. The molecule has 0 spiro atoms. The van der Waals surface area contributed by atoms with Gasteiger partial charge in [-0.3, -0.25) is 9.59 Å². The highest BCUT2D eigenvalue weighted by Crippen LogP contribution is 2.38. The second-order valence-electron chi connectivity index (χ2n) is 6.38. The largest absolute Gasteiger partial charge is 0.399 e. The smallest absolute Gasteiger partial charge is 0.230 e. The summed E-state index contributed by atoms with van der Waals surface area (Å²) in [6.07, 6.45) is 4.12. The van der Waals surface area contributed by atoms with Gasteiger partial charge in [0.15, 0.2) is 0 Å². The van der Waals surface area contributed by atoms with Gasteiger partial charge in [-0.05, 0) is 30.5 Å². The second-order valence-corrected chi connectivity index (χ2v) is 6.38. The van der Waals surface area contributed by atoms with Crippen molar-refractivity contribution in [1.29, 1.82) is 0 Å². The zero-order valence-corrected chi connectivity index (χ0v) is 13.4. The zero-order valence-electron chi connectivity index (χ0n) is 13.4. The van der Waals surface area contributed by atoms with E-state index in [4.69, 9.17) is 5.73 Å². The van der Waals surface area contributed by atoms with Crippen LogP contribution in [0.2, 0.25) is 0 Å². The van der Waals surface area contributed by atoms with Gasteiger partial charge in [0.05, 0.1) is 11.8 Å². The molecule has 2 rings (SSSR count). The summed E-state index contributed by atoms with van der Waals surface area (Å²) in [6.45, 7) is 0.428. The molecule has 2 amide bonds. The number of carbonyl (C=O) groups is 2. The van der Waals surface area contributed by atoms with Crippen molar-refractivity contribution in [3.63, 3.8) is 0 Å². The number of carbonyl (C=O) groups excluding carboxylic acids is 2. The van der Waals surface area contributed by atoms with Crippen LogP contribution >= 0.6 is 0 Å². The number of anilines is 1. The van der Waals surface area contributed by atoms with Crippen LogP contribution < -0.4 is 11.1 Å². The Balaban J connectivity index is 1.93. The molecule has 3 N–H and O–H groups in total. The Morgan fingerprint density at radius 1 is 1.18 bits per heavy atom. The molecule has 1 aliphatic carbocycles. The fraction of sp³-hybridized carbons (Fsp3) is 0.529. The van der Waals surface area contributed by atoms with E-state index in [0.29, 0.717) is 18.7 Å². The average molecular weight is 303 g/mol. The molecule has 22 heavy (non-hydrogen) atoms. The lowest BCUT2D eigenvalue weighted by molar-refractivity contribution is -0.139. The first-order valence-electron chi connectivity index (χ1n) is 7.76. The lowest BCUT2D eigenvalue weighted by Gasteiger charge is -2.30. The van der Waals surface area contributed by atoms with E-state index in [-0.39, 0.29) is 11.8 Å². The van der Waals surface area contributed by atoms with Crippen LogP contribution in [0.5, 0.6) is 0 Å². The van der Waals surface area contributed by atoms with Gasteiger partial charge in [-0.15, -0.1) is 0 Å². The van der Waals surface area contributed by atoms with Gasteiger partial charge < -0.3 is 16.0 Å². The summed E-state index contributed by atoms with van der Waals surface area (Å²) < 4.78 is 0. The molecular weight excluding hydrogens is 278 g/mol. The summed E-state index contributed by atoms with van der Waals surface area (Å²) in [5.41, 5.74) is 6.83. The Morgan fingerprint density at radius 3 is 2.32 bits per heavy atom. The third-order valence-electron chi connectivity index (χ3n) is 4.39. The van der Waals surface area contributed by atoms with Gasteiger partial charge in [0, 0.05) is 26.3 Å². The summed E-state index contributed by atoms with van der Waals surface area (Å²) >= 11 is 0. The minimum absolute atomic E-state index is 0.0531. The molecule has 0 unspecified atom stereocenters. The van der Waals surface area contributed by atoms with Crippen LogP contribution in [0.25, 0.3) is 0 Å². The van der Waals surface area contributed by atoms with E-state index < -0.39 is 5.41 Å². The highest BCUT2D eigenvalue weighted by molar-refractivity contribution is 5.84. The molecule has 0 saturated heterocycles. The minimum Gasteiger partial charge on any atom is -0.399 e. The van der Waals surface area contributed by atoms with Crippen molar-refractivity contribution >= 4 is 17.5 Å². The summed E-state index contributed by atoms with van der Waals surface area (Å²) in [6, 6.07) is 7.28. The minimum atomic E-state index is -0.416. The third kappa shape index (κ3) is 3.78. The van der Waals surface area contributed by atoms with E-state index >= 15 is 0 Å². The normalized spacial score (nSPS) is 16.3. The van der Waals surface area contributed by atoms with E-state index in [1.54, 1.807) is 31.1 Å². The molecule has 0 bridgehead atoms. The van der Waals surface area contributed by atoms with Gasteiger partial charge in [-0.2, -0.15) is 0 Å². The first-order chi connectivity index (χ1) is 10.4. The number of nitrogens with zero attached hydrogens (tertiary/aromatic N) is 1. The predicted molar refractivity (Wildman–Crippen MR) is 87.2 cm³/mol. The molecule has 0 heterocycles. The Morgan fingerprint density at radius 2 is 1.77 bits per heavy atom. The molecule has 5 heteroatoms. The first-order valence-corrected chi connectivity index (χ1v) is 7.76. The predicted octanol–water partition coefficient (Wildman–Crippen LogP) is 1.58. The summed E-state index contributed by atoms with van der Waals surface area (Å²) in [7, 11) is 3.55. The van der Waals surface area contributed by atoms with E-state index in [2.05, 4.69) is 5.32 Å². The Kier molecular flexibility index (Phi) is 5.06. The van der Waals surface area contributed by atoms with Crippen molar-refractivity contribution in [3.05, 3.63) is 29.8 Å². The van der Waals surface area contributed by atoms with Crippen molar-refractivity contribution in [2.75, 3.05) is 26.4 Å². The Bertz CT molecular complexity index is 531. The molecule has 0 aliphatic heterocycles. The summed E-state index contributed by atoms with van der Waals surface area (Å²) in [5.74, 6) is 0.0698. The highest BCUT2D eigenvalue weighted by Gasteiger charge is 2.42. The number of nitrogens with one attached hydrogen (secondary N) is 1. The second kappa shape index (κ2) is 6.81. The van der Waals surface area contributed by atoms with Gasteiger partial charge in [-0.25, -0.2) is 0 Å². The van der Waals surface area contributed by atoms with Gasteiger partial charge >= 0.3 is 0 Å². The number of nitrogen functional groups attached to an aromatic ring is 1. The van der Waals surface area contributed by atoms with Crippen molar-refractivity contribution in [1.82, 2.24) is 10.2 Å². The topological polar surface area (TPSA) is 75.4 Å². The van der Waals surface area contributed by atoms with Crippen LogP contribution in [-0.2, 0) is 16.0 Å². The average Bonchev–Trinajstić information content (AvgIpc) is 2.97. The monoisotopic (exact) mass is 303 g/mol. The SMILES string of the molecule is CN(C)C(=O)C1(CNC(=O)Cc2ccc(N)cc2)CCCC1. The molecule has 1 aliphatic rings. The molecule has 1 aromatic carbocycles. The van der Waals surface area contributed by atoms with Gasteiger partial charge in [-0.1, -0.05) is 25.0 Å². The zero-order chi connectivity index (χ0) is 16.2. The van der Waals surface area contributed by atoms with Gasteiger partial charge in [0.25, 0.3) is 0 Å². The summed E-state index contributed by atoms with van der Waals surface area (Å²) in [4.78, 5) is 26.2. The quantitative estimate of drug-likeness (QED) is 0.811. The fourth-order valence-electron chi connectivity index (χ4n) is 3.14. The molecule has 1 fully saturated rings. The van der Waals surface area contributed by atoms with Crippen molar-refractivity contribution in [2.24, 2.45) is 5.41 Å². The van der Waals surface area contributed by atoms with Crippen LogP contribution in [0, 0.1) is 5.41 Å². The third-order valence-corrected chi connectivity index (χ3v) is 4.39. The molecule has 1 aromatic rings. The van der Waals surface area contributed by atoms with Crippen LogP contribution in [0.15, 0.2) is 24.3 Å². The standard InChI is InChI=1S/C17H25N3O2/c1-20(2)16(22)17(9-3-4-10-17)12-19-15(21)11-13-5-7-14(18)8-6-13/h5-8H,3-4,9-12,18H2,1-2H3,(H,19,21).